The summed E-state index contributed by atoms with van der Waals surface area (Å²) in [5.41, 5.74) is -0.280. The molecule has 0 aliphatic heterocycles. The van der Waals surface area contributed by atoms with E-state index in [4.69, 9.17) is 9.47 Å². The zero-order valence-corrected chi connectivity index (χ0v) is 12.5. The largest absolute Gasteiger partial charge is 0.488 e. The summed E-state index contributed by atoms with van der Waals surface area (Å²) in [7, 11) is 0. The van der Waals surface area contributed by atoms with Gasteiger partial charge in [0, 0.05) is 6.07 Å². The van der Waals surface area contributed by atoms with Gasteiger partial charge in [-0.2, -0.15) is 0 Å². The molecule has 1 aromatic carbocycles. The van der Waals surface area contributed by atoms with E-state index < -0.39 is 0 Å². The number of rotatable bonds is 6. The topological polar surface area (TPSA) is 18.5 Å². The maximum absolute atomic E-state index is 5.96. The lowest BCUT2D eigenvalue weighted by atomic mass is 10.1. The van der Waals surface area contributed by atoms with Crippen molar-refractivity contribution in [2.45, 2.75) is 65.6 Å². The quantitative estimate of drug-likeness (QED) is 0.720. The summed E-state index contributed by atoms with van der Waals surface area (Å²) in [5, 5.41) is 0. The van der Waals surface area contributed by atoms with Crippen LogP contribution in [0.25, 0.3) is 0 Å². The monoisotopic (exact) mass is 250 g/mol. The summed E-state index contributed by atoms with van der Waals surface area (Å²) < 4.78 is 11.9. The molecule has 0 spiro atoms. The smallest absolute Gasteiger partial charge is 0.123 e. The van der Waals surface area contributed by atoms with Crippen molar-refractivity contribution in [3.8, 4) is 11.5 Å². The third-order valence-electron chi connectivity index (χ3n) is 3.30. The highest BCUT2D eigenvalue weighted by Crippen LogP contribution is 2.27. The highest BCUT2D eigenvalue weighted by atomic mass is 16.5. The second kappa shape index (κ2) is 5.64. The minimum Gasteiger partial charge on any atom is -0.488 e. The van der Waals surface area contributed by atoms with Crippen molar-refractivity contribution in [2.75, 3.05) is 0 Å². The average molecular weight is 250 g/mol. The Balaban J connectivity index is 2.80. The lowest BCUT2D eigenvalue weighted by Crippen LogP contribution is -2.28. The van der Waals surface area contributed by atoms with Crippen LogP contribution in [0.1, 0.15) is 54.4 Å². The first-order valence-electron chi connectivity index (χ1n) is 6.76. The van der Waals surface area contributed by atoms with E-state index in [1.165, 1.54) is 0 Å². The minimum absolute atomic E-state index is 0.140. The Morgan fingerprint density at radius 1 is 0.833 bits per heavy atom. The van der Waals surface area contributed by atoms with Gasteiger partial charge >= 0.3 is 0 Å². The van der Waals surface area contributed by atoms with Crippen molar-refractivity contribution in [1.29, 1.82) is 0 Å². The fraction of sp³-hybridized carbons (Fsp3) is 0.625. The summed E-state index contributed by atoms with van der Waals surface area (Å²) in [6.07, 6.45) is 1.94. The molecule has 2 heteroatoms. The van der Waals surface area contributed by atoms with Crippen molar-refractivity contribution in [3.63, 3.8) is 0 Å². The van der Waals surface area contributed by atoms with Gasteiger partial charge in [-0.3, -0.25) is 0 Å². The number of hydrogen-bond donors (Lipinski definition) is 0. The van der Waals surface area contributed by atoms with Gasteiger partial charge in [-0.05, 0) is 52.7 Å². The third-order valence-corrected chi connectivity index (χ3v) is 3.30. The molecule has 0 N–H and O–H groups in total. The minimum atomic E-state index is -0.140. The Kier molecular flexibility index (Phi) is 4.66. The molecule has 102 valence electrons. The Morgan fingerprint density at radius 3 is 1.56 bits per heavy atom. The van der Waals surface area contributed by atoms with Crippen LogP contribution < -0.4 is 9.47 Å². The molecule has 0 radical (unpaired) electrons. The SMILES string of the molecule is CCC(C)(C)Oc1cccc(OC(C)(C)CC)c1. The van der Waals surface area contributed by atoms with Gasteiger partial charge in [0.05, 0.1) is 0 Å². The van der Waals surface area contributed by atoms with Crippen LogP contribution >= 0.6 is 0 Å². The van der Waals surface area contributed by atoms with Gasteiger partial charge in [0.2, 0.25) is 0 Å². The van der Waals surface area contributed by atoms with Crippen molar-refractivity contribution in [2.24, 2.45) is 0 Å². The van der Waals surface area contributed by atoms with Gasteiger partial charge in [-0.1, -0.05) is 19.9 Å². The summed E-state index contributed by atoms with van der Waals surface area (Å²) >= 11 is 0. The highest BCUT2D eigenvalue weighted by Gasteiger charge is 2.19. The first kappa shape index (κ1) is 14.9. The third kappa shape index (κ3) is 4.59. The van der Waals surface area contributed by atoms with E-state index in [1.807, 2.05) is 24.3 Å². The zero-order chi connectivity index (χ0) is 13.8. The predicted molar refractivity (Wildman–Crippen MR) is 76.4 cm³/mol. The van der Waals surface area contributed by atoms with E-state index in [1.54, 1.807) is 0 Å². The fourth-order valence-corrected chi connectivity index (χ4v) is 1.38. The summed E-state index contributed by atoms with van der Waals surface area (Å²) in [4.78, 5) is 0. The zero-order valence-electron chi connectivity index (χ0n) is 12.5. The molecule has 2 nitrogen and oxygen atoms in total. The van der Waals surface area contributed by atoms with Gasteiger partial charge < -0.3 is 9.47 Å². The second-order valence-corrected chi connectivity index (χ2v) is 5.91. The van der Waals surface area contributed by atoms with Crippen LogP contribution in [0.4, 0.5) is 0 Å². The first-order chi connectivity index (χ1) is 8.28. The maximum atomic E-state index is 5.96. The van der Waals surface area contributed by atoms with Crippen molar-refractivity contribution >= 4 is 0 Å². The molecule has 0 unspecified atom stereocenters. The van der Waals surface area contributed by atoms with Crippen LogP contribution in [0.2, 0.25) is 0 Å². The molecule has 0 heterocycles. The number of hydrogen-bond acceptors (Lipinski definition) is 2. The van der Waals surface area contributed by atoms with Crippen molar-refractivity contribution in [1.82, 2.24) is 0 Å². The summed E-state index contributed by atoms with van der Waals surface area (Å²) in [6, 6.07) is 7.89. The van der Waals surface area contributed by atoms with E-state index in [2.05, 4.69) is 41.5 Å². The second-order valence-electron chi connectivity index (χ2n) is 5.91. The van der Waals surface area contributed by atoms with Crippen molar-refractivity contribution < 1.29 is 9.47 Å². The molecular formula is C16H26O2. The van der Waals surface area contributed by atoms with E-state index in [0.717, 1.165) is 24.3 Å². The molecule has 1 aromatic rings. The molecule has 18 heavy (non-hydrogen) atoms. The van der Waals surface area contributed by atoms with Gasteiger partial charge in [0.15, 0.2) is 0 Å². The van der Waals surface area contributed by atoms with Crippen LogP contribution in [0.5, 0.6) is 11.5 Å². The average Bonchev–Trinajstić information content (AvgIpc) is 2.28. The normalized spacial score (nSPS) is 12.3. The Labute approximate surface area is 111 Å². The molecule has 0 bridgehead atoms. The van der Waals surface area contributed by atoms with E-state index in [-0.39, 0.29) is 11.2 Å². The molecule has 1 rings (SSSR count). The molecule has 0 saturated carbocycles. The lowest BCUT2D eigenvalue weighted by molar-refractivity contribution is 0.0962. The molecule has 0 atom stereocenters. The van der Waals surface area contributed by atoms with Gasteiger partial charge in [-0.25, -0.2) is 0 Å². The Hall–Kier alpha value is -1.18. The van der Waals surface area contributed by atoms with Crippen LogP contribution in [-0.2, 0) is 0 Å². The van der Waals surface area contributed by atoms with Crippen LogP contribution in [-0.4, -0.2) is 11.2 Å². The summed E-state index contributed by atoms with van der Waals surface area (Å²) in [6.45, 7) is 12.6. The van der Waals surface area contributed by atoms with Gasteiger partial charge in [-0.15, -0.1) is 0 Å². The Morgan fingerprint density at radius 2 is 1.22 bits per heavy atom. The highest BCUT2D eigenvalue weighted by molar-refractivity contribution is 5.33. The number of benzene rings is 1. The molecule has 0 aliphatic carbocycles. The summed E-state index contributed by atoms with van der Waals surface area (Å²) in [5.74, 6) is 1.73. The van der Waals surface area contributed by atoms with E-state index >= 15 is 0 Å². The van der Waals surface area contributed by atoms with Crippen LogP contribution in [0, 0.1) is 0 Å². The molecule has 0 fully saturated rings. The molecule has 0 aliphatic rings. The molecular weight excluding hydrogens is 224 g/mol. The predicted octanol–water partition coefficient (Wildman–Crippen LogP) is 4.82. The van der Waals surface area contributed by atoms with Crippen molar-refractivity contribution in [3.05, 3.63) is 24.3 Å². The van der Waals surface area contributed by atoms with E-state index in [9.17, 15) is 0 Å². The van der Waals surface area contributed by atoms with Gasteiger partial charge in [0.1, 0.15) is 22.7 Å². The Bertz CT molecular complexity index is 347. The molecule has 0 saturated heterocycles. The fourth-order valence-electron chi connectivity index (χ4n) is 1.38. The maximum Gasteiger partial charge on any atom is 0.123 e. The molecule has 0 aromatic heterocycles. The van der Waals surface area contributed by atoms with Crippen LogP contribution in [0.15, 0.2) is 24.3 Å². The molecule has 0 amide bonds. The standard InChI is InChI=1S/C16H26O2/c1-7-15(3,4)17-13-10-9-11-14(12-13)18-16(5,6)8-2/h9-12H,7-8H2,1-6H3. The van der Waals surface area contributed by atoms with Gasteiger partial charge in [0.25, 0.3) is 0 Å². The van der Waals surface area contributed by atoms with E-state index in [0.29, 0.717) is 0 Å². The first-order valence-corrected chi connectivity index (χ1v) is 6.76. The lowest BCUT2D eigenvalue weighted by Gasteiger charge is -2.27. The van der Waals surface area contributed by atoms with Crippen LogP contribution in [0.3, 0.4) is 0 Å². The number of ether oxygens (including phenoxy) is 2.